The Morgan fingerprint density at radius 2 is 1.61 bits per heavy atom. The zero-order valence-electron chi connectivity index (χ0n) is 21.8. The molecule has 5 nitrogen and oxygen atoms in total. The van der Waals surface area contributed by atoms with Gasteiger partial charge in [0.2, 0.25) is 0 Å². The highest BCUT2D eigenvalue weighted by atomic mass is 32.1. The molecule has 1 aliphatic rings. The lowest BCUT2D eigenvalue weighted by atomic mass is 9.98. The van der Waals surface area contributed by atoms with Crippen LogP contribution in [0.3, 0.4) is 0 Å². The molecule has 0 saturated carbocycles. The molecule has 0 spiro atoms. The maximum absolute atomic E-state index is 7.00. The van der Waals surface area contributed by atoms with E-state index in [1.807, 2.05) is 27.7 Å². The van der Waals surface area contributed by atoms with Gasteiger partial charge in [0.05, 0.1) is 44.5 Å². The highest BCUT2D eigenvalue weighted by Crippen LogP contribution is 2.30. The van der Waals surface area contributed by atoms with E-state index in [2.05, 4.69) is 55.8 Å². The number of nitrogens with two attached hydrogens (primary N) is 1. The minimum Gasteiger partial charge on any atom is -0.400 e. The number of aromatic nitrogens is 1. The van der Waals surface area contributed by atoms with Crippen LogP contribution in [0, 0.1) is 5.92 Å². The molecule has 1 aromatic carbocycles. The van der Waals surface area contributed by atoms with Crippen LogP contribution >= 0.6 is 11.5 Å². The SMILES string of the molecule is CC.CC.CCC[C@H](CC)C[N+]1(C)CCN(c2nsc3ccccc23)CC1.CN.CO. The van der Waals surface area contributed by atoms with Crippen molar-refractivity contribution >= 4 is 27.4 Å². The van der Waals surface area contributed by atoms with E-state index < -0.39 is 0 Å². The van der Waals surface area contributed by atoms with Gasteiger partial charge in [-0.15, -0.1) is 0 Å². The van der Waals surface area contributed by atoms with Crippen molar-refractivity contribution in [2.45, 2.75) is 60.8 Å². The van der Waals surface area contributed by atoms with E-state index in [1.54, 1.807) is 11.5 Å². The minimum absolute atomic E-state index is 0.886. The molecule has 0 aliphatic carbocycles. The average molecular weight is 456 g/mol. The van der Waals surface area contributed by atoms with Crippen LogP contribution in [0.4, 0.5) is 5.82 Å². The lowest BCUT2D eigenvalue weighted by Gasteiger charge is -2.44. The summed E-state index contributed by atoms with van der Waals surface area (Å²) < 4.78 is 7.27. The molecular formula is C25H51N4OS+. The fourth-order valence-corrected chi connectivity index (χ4v) is 4.69. The second-order valence-electron chi connectivity index (χ2n) is 7.30. The molecule has 1 saturated heterocycles. The van der Waals surface area contributed by atoms with Gasteiger partial charge in [-0.3, -0.25) is 0 Å². The number of aliphatic hydroxyl groups is 1. The van der Waals surface area contributed by atoms with Crippen molar-refractivity contribution in [2.75, 3.05) is 58.8 Å². The fourth-order valence-electron chi connectivity index (χ4n) is 3.90. The molecule has 1 aliphatic heterocycles. The van der Waals surface area contributed by atoms with Gasteiger partial charge >= 0.3 is 0 Å². The molecule has 1 atom stereocenters. The van der Waals surface area contributed by atoms with Crippen molar-refractivity contribution < 1.29 is 9.59 Å². The molecule has 0 bridgehead atoms. The van der Waals surface area contributed by atoms with Crippen molar-refractivity contribution in [3.63, 3.8) is 0 Å². The molecule has 182 valence electrons. The first kappa shape index (κ1) is 32.0. The fraction of sp³-hybridized carbons (Fsp3) is 0.720. The van der Waals surface area contributed by atoms with Crippen LogP contribution < -0.4 is 10.6 Å². The molecule has 0 amide bonds. The van der Waals surface area contributed by atoms with Gasteiger partial charge in [0.25, 0.3) is 0 Å². The van der Waals surface area contributed by atoms with Gasteiger partial charge in [-0.2, -0.15) is 4.37 Å². The first-order chi connectivity index (χ1) is 15.1. The monoisotopic (exact) mass is 455 g/mol. The van der Waals surface area contributed by atoms with E-state index in [0.29, 0.717) is 0 Å². The Morgan fingerprint density at radius 1 is 1.06 bits per heavy atom. The molecule has 1 aromatic heterocycles. The maximum Gasteiger partial charge on any atom is 0.150 e. The standard InChI is InChI=1S/C19H30N3S.2C2H6.CH5N.CH4O/c1-4-8-16(5-2)15-22(3)13-11-21(12-14-22)19-17-9-6-7-10-18(17)23-20-19;4*1-2/h6-7,9-10,16H,4-5,8,11-15H2,1-3H3;2*1-2H3;2H2,1H3;2H,1H3/q+1;;;;/t16-;;;;/m0..../s1. The van der Waals surface area contributed by atoms with E-state index in [1.165, 1.54) is 66.3 Å². The smallest absolute Gasteiger partial charge is 0.150 e. The topological polar surface area (TPSA) is 62.4 Å². The predicted octanol–water partition coefficient (Wildman–Crippen LogP) is 5.63. The third-order valence-corrected chi connectivity index (χ3v) is 6.27. The summed E-state index contributed by atoms with van der Waals surface area (Å²) in [4.78, 5) is 2.50. The average Bonchev–Trinajstić information content (AvgIpc) is 3.28. The lowest BCUT2D eigenvalue weighted by Crippen LogP contribution is -2.59. The maximum atomic E-state index is 7.00. The Bertz CT molecular complexity index is 639. The van der Waals surface area contributed by atoms with E-state index in [0.717, 1.165) is 26.1 Å². The number of nitrogens with zero attached hydrogens (tertiary/aromatic N) is 3. The van der Waals surface area contributed by atoms with E-state index in [9.17, 15) is 0 Å². The number of piperazine rings is 1. The van der Waals surface area contributed by atoms with Crippen LogP contribution in [0.15, 0.2) is 24.3 Å². The zero-order chi connectivity index (χ0) is 24.3. The molecule has 31 heavy (non-hydrogen) atoms. The Hall–Kier alpha value is -1.21. The molecule has 0 unspecified atom stereocenters. The van der Waals surface area contributed by atoms with Crippen LogP contribution in [-0.4, -0.2) is 67.9 Å². The van der Waals surface area contributed by atoms with Gasteiger partial charge in [0.1, 0.15) is 0 Å². The van der Waals surface area contributed by atoms with Gasteiger partial charge in [-0.1, -0.05) is 60.1 Å². The quantitative estimate of drug-likeness (QED) is 0.555. The van der Waals surface area contributed by atoms with E-state index >= 15 is 0 Å². The van der Waals surface area contributed by atoms with Gasteiger partial charge < -0.3 is 20.2 Å². The third kappa shape index (κ3) is 10.3. The molecule has 3 N–H and O–H groups in total. The summed E-state index contributed by atoms with van der Waals surface area (Å²) in [5.41, 5.74) is 4.50. The summed E-state index contributed by atoms with van der Waals surface area (Å²) in [5.74, 6) is 2.09. The summed E-state index contributed by atoms with van der Waals surface area (Å²) in [7, 11) is 4.95. The highest BCUT2D eigenvalue weighted by molar-refractivity contribution is 7.13. The summed E-state index contributed by atoms with van der Waals surface area (Å²) in [6, 6.07) is 8.62. The third-order valence-electron chi connectivity index (χ3n) is 5.45. The Balaban J connectivity index is 0. The molecule has 6 heteroatoms. The Morgan fingerprint density at radius 3 is 2.13 bits per heavy atom. The number of rotatable bonds is 6. The van der Waals surface area contributed by atoms with Crippen molar-refractivity contribution in [1.82, 2.24) is 4.37 Å². The number of likely N-dealkylation sites (N-methyl/N-ethyl adjacent to an activating group) is 1. The second-order valence-corrected chi connectivity index (χ2v) is 8.11. The summed E-state index contributed by atoms with van der Waals surface area (Å²) in [6.45, 7) is 18.8. The Kier molecular flexibility index (Phi) is 20.1. The molecule has 3 rings (SSSR count). The highest BCUT2D eigenvalue weighted by Gasteiger charge is 2.32. The van der Waals surface area contributed by atoms with Crippen molar-refractivity contribution in [1.29, 1.82) is 0 Å². The van der Waals surface area contributed by atoms with Crippen LogP contribution in [0.2, 0.25) is 0 Å². The number of hydrogen-bond acceptors (Lipinski definition) is 5. The number of hydrogen-bond donors (Lipinski definition) is 2. The zero-order valence-corrected chi connectivity index (χ0v) is 22.6. The minimum atomic E-state index is 0.886. The molecule has 2 aromatic rings. The Labute approximate surface area is 197 Å². The van der Waals surface area contributed by atoms with Gasteiger partial charge in [-0.05, 0) is 43.6 Å². The second kappa shape index (κ2) is 19.5. The van der Waals surface area contributed by atoms with E-state index in [4.69, 9.17) is 9.48 Å². The molecule has 1 fully saturated rings. The van der Waals surface area contributed by atoms with Crippen LogP contribution in [-0.2, 0) is 0 Å². The van der Waals surface area contributed by atoms with Crippen molar-refractivity contribution in [3.05, 3.63) is 24.3 Å². The number of benzene rings is 1. The summed E-state index contributed by atoms with van der Waals surface area (Å²) in [5, 5.41) is 8.33. The van der Waals surface area contributed by atoms with Crippen LogP contribution in [0.25, 0.3) is 10.1 Å². The predicted molar refractivity (Wildman–Crippen MR) is 142 cm³/mol. The lowest BCUT2D eigenvalue weighted by molar-refractivity contribution is -0.913. The number of anilines is 1. The summed E-state index contributed by atoms with van der Waals surface area (Å²) >= 11 is 1.63. The van der Waals surface area contributed by atoms with Crippen LogP contribution in [0.1, 0.15) is 60.8 Å². The number of quaternary nitrogens is 1. The number of fused-ring (bicyclic) bond motifs is 1. The van der Waals surface area contributed by atoms with Gasteiger partial charge in [0, 0.05) is 18.4 Å². The normalized spacial score (nSPS) is 15.0. The van der Waals surface area contributed by atoms with Gasteiger partial charge in [0.15, 0.2) is 5.82 Å². The first-order valence-corrected chi connectivity index (χ1v) is 12.9. The summed E-state index contributed by atoms with van der Waals surface area (Å²) in [6.07, 6.45) is 4.02. The first-order valence-electron chi connectivity index (χ1n) is 12.1. The largest absolute Gasteiger partial charge is 0.400 e. The van der Waals surface area contributed by atoms with E-state index in [-0.39, 0.29) is 0 Å². The molecular weight excluding hydrogens is 404 g/mol. The molecule has 2 heterocycles. The van der Waals surface area contributed by atoms with Crippen LogP contribution in [0.5, 0.6) is 0 Å². The van der Waals surface area contributed by atoms with Crippen molar-refractivity contribution in [3.8, 4) is 0 Å². The molecule has 0 radical (unpaired) electrons. The van der Waals surface area contributed by atoms with Crippen molar-refractivity contribution in [2.24, 2.45) is 11.7 Å². The number of aliphatic hydroxyl groups excluding tert-OH is 1. The van der Waals surface area contributed by atoms with Gasteiger partial charge in [-0.25, -0.2) is 0 Å².